The third kappa shape index (κ3) is 2.03. The van der Waals surface area contributed by atoms with Crippen LogP contribution in [0.1, 0.15) is 16.1 Å². The third-order valence-corrected chi connectivity index (χ3v) is 3.36. The molecule has 0 atom stereocenters. The van der Waals surface area contributed by atoms with Crippen LogP contribution in [0.4, 0.5) is 13.2 Å². The van der Waals surface area contributed by atoms with E-state index in [0.717, 1.165) is 12.5 Å². The van der Waals surface area contributed by atoms with Gasteiger partial charge in [0.05, 0.1) is 12.7 Å². The van der Waals surface area contributed by atoms with Crippen molar-refractivity contribution in [2.24, 2.45) is 0 Å². The van der Waals surface area contributed by atoms with E-state index in [2.05, 4.69) is 9.72 Å². The van der Waals surface area contributed by atoms with Crippen LogP contribution < -0.4 is 0 Å². The molecule has 0 aliphatic heterocycles. The van der Waals surface area contributed by atoms with Crippen molar-refractivity contribution in [3.05, 3.63) is 47.7 Å². The van der Waals surface area contributed by atoms with Gasteiger partial charge in [-0.25, -0.2) is 4.79 Å². The van der Waals surface area contributed by atoms with Gasteiger partial charge in [0.15, 0.2) is 0 Å². The fraction of sp³-hybridized carbons (Fsp3) is 0.133. The van der Waals surface area contributed by atoms with Crippen molar-refractivity contribution in [1.82, 2.24) is 4.98 Å². The lowest BCUT2D eigenvalue weighted by molar-refractivity contribution is -0.141. The van der Waals surface area contributed by atoms with Gasteiger partial charge in [-0.3, -0.25) is 0 Å². The summed E-state index contributed by atoms with van der Waals surface area (Å²) < 4.78 is 44.0. The smallest absolute Gasteiger partial charge is 0.432 e. The van der Waals surface area contributed by atoms with Crippen molar-refractivity contribution in [1.29, 1.82) is 0 Å². The predicted octanol–water partition coefficient (Wildman–Crippen LogP) is 4.13. The fourth-order valence-electron chi connectivity index (χ4n) is 2.49. The van der Waals surface area contributed by atoms with Crippen LogP contribution in [-0.4, -0.2) is 18.1 Å². The Morgan fingerprint density at radius 3 is 2.52 bits per heavy atom. The molecular formula is C15H10F3NO2. The molecule has 108 valence electrons. The molecule has 0 saturated heterocycles. The highest BCUT2D eigenvalue weighted by Gasteiger charge is 2.39. The molecule has 21 heavy (non-hydrogen) atoms. The molecule has 0 fully saturated rings. The van der Waals surface area contributed by atoms with Crippen LogP contribution in [0.3, 0.4) is 0 Å². The summed E-state index contributed by atoms with van der Waals surface area (Å²) in [6.07, 6.45) is -4.66. The van der Waals surface area contributed by atoms with Crippen molar-refractivity contribution in [3.63, 3.8) is 0 Å². The van der Waals surface area contributed by atoms with E-state index in [0.29, 0.717) is 5.39 Å². The highest BCUT2D eigenvalue weighted by atomic mass is 19.4. The summed E-state index contributed by atoms with van der Waals surface area (Å²) in [4.78, 5) is 14.1. The van der Waals surface area contributed by atoms with Gasteiger partial charge >= 0.3 is 12.1 Å². The molecule has 3 nitrogen and oxygen atoms in total. The van der Waals surface area contributed by atoms with Crippen LogP contribution in [0, 0.1) is 0 Å². The number of benzene rings is 2. The number of ether oxygens (including phenoxy) is 1. The zero-order valence-electron chi connectivity index (χ0n) is 10.9. The van der Waals surface area contributed by atoms with Gasteiger partial charge in [0.25, 0.3) is 0 Å². The fourth-order valence-corrected chi connectivity index (χ4v) is 2.49. The topological polar surface area (TPSA) is 42.1 Å². The van der Waals surface area contributed by atoms with Gasteiger partial charge in [-0.05, 0) is 16.8 Å². The number of alkyl halides is 3. The third-order valence-electron chi connectivity index (χ3n) is 3.36. The van der Waals surface area contributed by atoms with Crippen LogP contribution in [0.5, 0.6) is 0 Å². The van der Waals surface area contributed by atoms with Crippen LogP contribution in [0.2, 0.25) is 0 Å². The second-order valence-electron chi connectivity index (χ2n) is 4.57. The number of nitrogens with one attached hydrogen (secondary N) is 1. The molecule has 0 spiro atoms. The first-order valence-electron chi connectivity index (χ1n) is 6.12. The molecule has 3 aromatic rings. The Hall–Kier alpha value is -2.50. The maximum absolute atomic E-state index is 13.1. The van der Waals surface area contributed by atoms with Crippen LogP contribution in [0.15, 0.2) is 36.4 Å². The Labute approximate surface area is 117 Å². The zero-order chi connectivity index (χ0) is 15.2. The molecule has 0 radical (unpaired) electrons. The standard InChI is InChI=1S/C15H10F3NO2/c1-21-14(20)12-11-9-5-3-2-4-8(9)6-7-10(11)19-13(12)15(16,17)18/h2-7,19H,1H3. The van der Waals surface area contributed by atoms with Crippen molar-refractivity contribution in [2.75, 3.05) is 7.11 Å². The van der Waals surface area contributed by atoms with Crippen molar-refractivity contribution < 1.29 is 22.7 Å². The summed E-state index contributed by atoms with van der Waals surface area (Å²) in [7, 11) is 1.06. The minimum Gasteiger partial charge on any atom is -0.465 e. The van der Waals surface area contributed by atoms with E-state index < -0.39 is 23.4 Å². The van der Waals surface area contributed by atoms with Crippen molar-refractivity contribution in [3.8, 4) is 0 Å². The molecule has 0 unspecified atom stereocenters. The number of halogens is 3. The van der Waals surface area contributed by atoms with Crippen LogP contribution >= 0.6 is 0 Å². The van der Waals surface area contributed by atoms with Crippen molar-refractivity contribution >= 4 is 27.6 Å². The molecule has 0 amide bonds. The van der Waals surface area contributed by atoms with Gasteiger partial charge in [-0.1, -0.05) is 30.3 Å². The zero-order valence-corrected chi connectivity index (χ0v) is 10.9. The van der Waals surface area contributed by atoms with E-state index in [4.69, 9.17) is 0 Å². The normalized spacial score (nSPS) is 12.0. The van der Waals surface area contributed by atoms with E-state index >= 15 is 0 Å². The summed E-state index contributed by atoms with van der Waals surface area (Å²) in [5, 5.41) is 1.55. The molecule has 1 aromatic heterocycles. The summed E-state index contributed by atoms with van der Waals surface area (Å²) in [5.41, 5.74) is -1.31. The monoisotopic (exact) mass is 293 g/mol. The number of aromatic amines is 1. The largest absolute Gasteiger partial charge is 0.465 e. The number of H-pyrrole nitrogens is 1. The Morgan fingerprint density at radius 1 is 1.14 bits per heavy atom. The highest BCUT2D eigenvalue weighted by Crippen LogP contribution is 2.38. The van der Waals surface area contributed by atoms with Gasteiger partial charge in [-0.15, -0.1) is 0 Å². The predicted molar refractivity (Wildman–Crippen MR) is 72.1 cm³/mol. The van der Waals surface area contributed by atoms with Gasteiger partial charge < -0.3 is 9.72 Å². The molecule has 0 bridgehead atoms. The van der Waals surface area contributed by atoms with Gasteiger partial charge in [-0.2, -0.15) is 13.2 Å². The number of aromatic nitrogens is 1. The molecule has 0 aliphatic carbocycles. The minimum atomic E-state index is -4.66. The first-order chi connectivity index (χ1) is 9.93. The second kappa shape index (κ2) is 4.51. The molecule has 6 heteroatoms. The molecule has 3 rings (SSSR count). The maximum atomic E-state index is 13.1. The molecule has 0 saturated carbocycles. The van der Waals surface area contributed by atoms with Crippen LogP contribution in [-0.2, 0) is 10.9 Å². The lowest BCUT2D eigenvalue weighted by Crippen LogP contribution is -2.13. The summed E-state index contributed by atoms with van der Waals surface area (Å²) in [5.74, 6) is -1.01. The second-order valence-corrected chi connectivity index (χ2v) is 4.57. The number of rotatable bonds is 1. The minimum absolute atomic E-state index is 0.229. The molecule has 1 N–H and O–H groups in total. The maximum Gasteiger partial charge on any atom is 0.432 e. The number of hydrogen-bond donors (Lipinski definition) is 1. The number of fused-ring (bicyclic) bond motifs is 3. The number of hydrogen-bond acceptors (Lipinski definition) is 2. The first-order valence-corrected chi connectivity index (χ1v) is 6.12. The Balaban J connectivity index is 2.51. The lowest BCUT2D eigenvalue weighted by Gasteiger charge is -2.07. The van der Waals surface area contributed by atoms with E-state index in [1.165, 1.54) is 6.07 Å². The van der Waals surface area contributed by atoms with E-state index in [1.807, 2.05) is 0 Å². The quantitative estimate of drug-likeness (QED) is 0.685. The van der Waals surface area contributed by atoms with E-state index in [1.54, 1.807) is 30.3 Å². The van der Waals surface area contributed by atoms with Crippen molar-refractivity contribution in [2.45, 2.75) is 6.18 Å². The Bertz CT molecular complexity index is 849. The first kappa shape index (κ1) is 13.5. The van der Waals surface area contributed by atoms with Crippen LogP contribution in [0.25, 0.3) is 21.7 Å². The summed E-state index contributed by atoms with van der Waals surface area (Å²) >= 11 is 0. The molecule has 1 heterocycles. The Morgan fingerprint density at radius 2 is 1.86 bits per heavy atom. The van der Waals surface area contributed by atoms with Gasteiger partial charge in [0, 0.05) is 10.9 Å². The molecular weight excluding hydrogens is 283 g/mol. The number of esters is 1. The van der Waals surface area contributed by atoms with Gasteiger partial charge in [0.2, 0.25) is 0 Å². The number of carbonyl (C=O) groups is 1. The molecule has 0 aliphatic rings. The summed E-state index contributed by atoms with van der Waals surface area (Å²) in [6.45, 7) is 0. The lowest BCUT2D eigenvalue weighted by atomic mass is 10.0. The Kier molecular flexibility index (Phi) is 2.90. The molecule has 2 aromatic carbocycles. The number of methoxy groups -OCH3 is 1. The average molecular weight is 293 g/mol. The summed E-state index contributed by atoms with van der Waals surface area (Å²) in [6, 6.07) is 10.2. The average Bonchev–Trinajstić information content (AvgIpc) is 2.86. The van der Waals surface area contributed by atoms with E-state index in [9.17, 15) is 18.0 Å². The highest BCUT2D eigenvalue weighted by molar-refractivity contribution is 6.17. The van der Waals surface area contributed by atoms with E-state index in [-0.39, 0.29) is 10.9 Å². The van der Waals surface area contributed by atoms with Gasteiger partial charge in [0.1, 0.15) is 5.69 Å². The SMILES string of the molecule is COC(=O)c1c(C(F)(F)F)[nH]c2ccc3ccccc3c12. The number of carbonyl (C=O) groups excluding carboxylic acids is 1.